The molecule has 0 atom stereocenters. The fraction of sp³-hybridized carbons (Fsp3) is 0.333. The van der Waals surface area contributed by atoms with Crippen LogP contribution in [0.2, 0.25) is 0 Å². The minimum absolute atomic E-state index is 0.0853. The molecule has 6 nitrogen and oxygen atoms in total. The van der Waals surface area contributed by atoms with Crippen LogP contribution in [0.1, 0.15) is 23.2 Å². The number of thiophene rings is 1. The van der Waals surface area contributed by atoms with Gasteiger partial charge in [-0.3, -0.25) is 9.59 Å². The van der Waals surface area contributed by atoms with Crippen molar-refractivity contribution in [2.45, 2.75) is 12.8 Å². The molecule has 0 saturated carbocycles. The first-order chi connectivity index (χ1) is 12.2. The second kappa shape index (κ2) is 10.5. The average molecular weight is 362 g/mol. The van der Waals surface area contributed by atoms with E-state index >= 15 is 0 Å². The van der Waals surface area contributed by atoms with Crippen LogP contribution < -0.4 is 15.4 Å². The third-order valence-electron chi connectivity index (χ3n) is 3.34. The van der Waals surface area contributed by atoms with Crippen molar-refractivity contribution in [3.8, 4) is 5.75 Å². The number of hydrogen-bond acceptors (Lipinski definition) is 5. The second-order valence-corrected chi connectivity index (χ2v) is 6.07. The Balaban J connectivity index is 1.63. The van der Waals surface area contributed by atoms with Gasteiger partial charge in [0.05, 0.1) is 6.61 Å². The maximum atomic E-state index is 11.9. The lowest BCUT2D eigenvalue weighted by Crippen LogP contribution is -2.25. The Morgan fingerprint density at radius 1 is 1.12 bits per heavy atom. The van der Waals surface area contributed by atoms with Crippen LogP contribution in [-0.2, 0) is 9.53 Å². The van der Waals surface area contributed by atoms with Crippen LogP contribution in [0.15, 0.2) is 41.1 Å². The molecule has 0 aliphatic rings. The van der Waals surface area contributed by atoms with Gasteiger partial charge in [-0.2, -0.15) is 11.3 Å². The van der Waals surface area contributed by atoms with Crippen LogP contribution in [-0.4, -0.2) is 38.7 Å². The molecule has 2 amide bonds. The molecule has 1 aromatic carbocycles. The van der Waals surface area contributed by atoms with E-state index in [1.807, 2.05) is 5.38 Å². The van der Waals surface area contributed by atoms with Gasteiger partial charge in [0.25, 0.3) is 5.91 Å². The van der Waals surface area contributed by atoms with Gasteiger partial charge < -0.3 is 20.1 Å². The number of benzene rings is 1. The topological polar surface area (TPSA) is 76.7 Å². The number of nitrogens with one attached hydrogen (secondary N) is 2. The van der Waals surface area contributed by atoms with E-state index in [1.54, 1.807) is 42.8 Å². The predicted octanol–water partition coefficient (Wildman–Crippen LogP) is 2.92. The fourth-order valence-corrected chi connectivity index (χ4v) is 2.68. The van der Waals surface area contributed by atoms with Gasteiger partial charge in [0.2, 0.25) is 5.91 Å². The zero-order valence-electron chi connectivity index (χ0n) is 14.1. The number of hydrogen-bond donors (Lipinski definition) is 2. The standard InChI is InChI=1S/C18H22N2O4S/c1-23-10-11-24-16-6-4-15(5-7-16)20-17(21)3-2-9-19-18(22)14-8-12-25-13-14/h4-8,12-13H,2-3,9-11H2,1H3,(H,19,22)(H,20,21). The summed E-state index contributed by atoms with van der Waals surface area (Å²) in [6.45, 7) is 1.48. The summed E-state index contributed by atoms with van der Waals surface area (Å²) in [7, 11) is 1.62. The Kier molecular flexibility index (Phi) is 7.94. The summed E-state index contributed by atoms with van der Waals surface area (Å²) < 4.78 is 10.4. The van der Waals surface area contributed by atoms with Crippen molar-refractivity contribution < 1.29 is 19.1 Å². The monoisotopic (exact) mass is 362 g/mol. The van der Waals surface area contributed by atoms with Crippen LogP contribution in [0.3, 0.4) is 0 Å². The Hall–Kier alpha value is -2.38. The smallest absolute Gasteiger partial charge is 0.252 e. The molecule has 0 spiro atoms. The van der Waals surface area contributed by atoms with Crippen LogP contribution >= 0.6 is 11.3 Å². The number of carbonyl (C=O) groups excluding carboxylic acids is 2. The maximum Gasteiger partial charge on any atom is 0.252 e. The number of rotatable bonds is 10. The Bertz CT molecular complexity index is 656. The third kappa shape index (κ3) is 6.94. The Morgan fingerprint density at radius 2 is 1.92 bits per heavy atom. The molecule has 2 N–H and O–H groups in total. The van der Waals surface area contributed by atoms with E-state index in [-0.39, 0.29) is 11.8 Å². The van der Waals surface area contributed by atoms with Crippen molar-refractivity contribution in [2.75, 3.05) is 32.2 Å². The predicted molar refractivity (Wildman–Crippen MR) is 98.3 cm³/mol. The lowest BCUT2D eigenvalue weighted by molar-refractivity contribution is -0.116. The molecule has 0 fully saturated rings. The van der Waals surface area contributed by atoms with Crippen molar-refractivity contribution >= 4 is 28.8 Å². The first-order valence-electron chi connectivity index (χ1n) is 8.01. The lowest BCUT2D eigenvalue weighted by Gasteiger charge is -2.08. The van der Waals surface area contributed by atoms with Gasteiger partial charge in [-0.15, -0.1) is 0 Å². The molecule has 7 heteroatoms. The summed E-state index contributed by atoms with van der Waals surface area (Å²) in [5.41, 5.74) is 1.37. The van der Waals surface area contributed by atoms with Gasteiger partial charge in [0.15, 0.2) is 0 Å². The Morgan fingerprint density at radius 3 is 2.60 bits per heavy atom. The minimum atomic E-state index is -0.106. The van der Waals surface area contributed by atoms with Crippen LogP contribution in [0.5, 0.6) is 5.75 Å². The molecule has 0 aliphatic carbocycles. The van der Waals surface area contributed by atoms with Gasteiger partial charge in [-0.05, 0) is 42.1 Å². The van der Waals surface area contributed by atoms with E-state index in [0.717, 1.165) is 5.75 Å². The molecule has 25 heavy (non-hydrogen) atoms. The first-order valence-corrected chi connectivity index (χ1v) is 8.95. The summed E-state index contributed by atoms with van der Waals surface area (Å²) in [6.07, 6.45) is 0.927. The summed E-state index contributed by atoms with van der Waals surface area (Å²) in [5.74, 6) is 0.537. The molecule has 0 radical (unpaired) electrons. The SMILES string of the molecule is COCCOc1ccc(NC(=O)CCCNC(=O)c2ccsc2)cc1. The normalized spacial score (nSPS) is 10.3. The largest absolute Gasteiger partial charge is 0.491 e. The Labute approximate surface area is 151 Å². The summed E-state index contributed by atoms with van der Waals surface area (Å²) >= 11 is 1.48. The van der Waals surface area contributed by atoms with Crippen molar-refractivity contribution in [2.24, 2.45) is 0 Å². The molecule has 1 heterocycles. The molecule has 2 aromatic rings. The van der Waals surface area contributed by atoms with Crippen molar-refractivity contribution in [1.29, 1.82) is 0 Å². The van der Waals surface area contributed by atoms with E-state index < -0.39 is 0 Å². The van der Waals surface area contributed by atoms with E-state index in [1.165, 1.54) is 11.3 Å². The number of anilines is 1. The number of ether oxygens (including phenoxy) is 2. The second-order valence-electron chi connectivity index (χ2n) is 5.29. The highest BCUT2D eigenvalue weighted by atomic mass is 32.1. The quantitative estimate of drug-likeness (QED) is 0.637. The highest BCUT2D eigenvalue weighted by molar-refractivity contribution is 7.08. The van der Waals surface area contributed by atoms with Crippen LogP contribution in [0.4, 0.5) is 5.69 Å². The van der Waals surface area contributed by atoms with Crippen molar-refractivity contribution in [1.82, 2.24) is 5.32 Å². The van der Waals surface area contributed by atoms with Gasteiger partial charge >= 0.3 is 0 Å². The number of amides is 2. The first kappa shape index (κ1) is 19.0. The molecular formula is C18H22N2O4S. The lowest BCUT2D eigenvalue weighted by atomic mass is 10.2. The van der Waals surface area contributed by atoms with Crippen LogP contribution in [0, 0.1) is 0 Å². The third-order valence-corrected chi connectivity index (χ3v) is 4.03. The van der Waals surface area contributed by atoms with E-state index in [2.05, 4.69) is 10.6 Å². The van der Waals surface area contributed by atoms with Gasteiger partial charge in [-0.1, -0.05) is 0 Å². The molecule has 0 aliphatic heterocycles. The summed E-state index contributed by atoms with van der Waals surface area (Å²) in [4.78, 5) is 23.7. The zero-order valence-corrected chi connectivity index (χ0v) is 14.9. The summed E-state index contributed by atoms with van der Waals surface area (Å²) in [6, 6.07) is 8.95. The van der Waals surface area contributed by atoms with E-state index in [0.29, 0.717) is 43.9 Å². The number of methoxy groups -OCH3 is 1. The highest BCUT2D eigenvalue weighted by Crippen LogP contribution is 2.16. The molecule has 0 saturated heterocycles. The average Bonchev–Trinajstić information content (AvgIpc) is 3.15. The molecule has 1 aromatic heterocycles. The highest BCUT2D eigenvalue weighted by Gasteiger charge is 2.06. The maximum absolute atomic E-state index is 11.9. The zero-order chi connectivity index (χ0) is 17.9. The van der Waals surface area contributed by atoms with Gasteiger partial charge in [0, 0.05) is 36.7 Å². The van der Waals surface area contributed by atoms with Crippen molar-refractivity contribution in [3.63, 3.8) is 0 Å². The minimum Gasteiger partial charge on any atom is -0.491 e. The molecular weight excluding hydrogens is 340 g/mol. The fourth-order valence-electron chi connectivity index (χ4n) is 2.05. The van der Waals surface area contributed by atoms with Gasteiger partial charge in [0.1, 0.15) is 12.4 Å². The molecule has 0 bridgehead atoms. The molecule has 0 unspecified atom stereocenters. The van der Waals surface area contributed by atoms with Crippen LogP contribution in [0.25, 0.3) is 0 Å². The summed E-state index contributed by atoms with van der Waals surface area (Å²) in [5, 5.41) is 9.27. The van der Waals surface area contributed by atoms with E-state index in [9.17, 15) is 9.59 Å². The van der Waals surface area contributed by atoms with Crippen molar-refractivity contribution in [3.05, 3.63) is 46.7 Å². The molecule has 134 valence electrons. The van der Waals surface area contributed by atoms with Gasteiger partial charge in [-0.25, -0.2) is 0 Å². The number of carbonyl (C=O) groups is 2. The molecule has 2 rings (SSSR count). The van der Waals surface area contributed by atoms with E-state index in [4.69, 9.17) is 9.47 Å².